The van der Waals surface area contributed by atoms with Crippen molar-refractivity contribution >= 4 is 27.5 Å². The first-order chi connectivity index (χ1) is 18.4. The van der Waals surface area contributed by atoms with Crippen molar-refractivity contribution in [3.05, 3.63) is 0 Å². The molecule has 0 aliphatic carbocycles. The molecule has 0 amide bonds. The minimum Gasteiger partial charge on any atom is -0.378 e. The van der Waals surface area contributed by atoms with E-state index < -0.39 is 0 Å². The predicted molar refractivity (Wildman–Crippen MR) is 144 cm³/mol. The van der Waals surface area contributed by atoms with Crippen LogP contribution < -0.4 is 0 Å². The number of rotatable bonds is 34. The molecule has 0 fully saturated rings. The van der Waals surface area contributed by atoms with E-state index in [-0.39, 0.29) is 0 Å². The Bertz CT molecular complexity index is 370. The molecule has 0 aliphatic rings. The van der Waals surface area contributed by atoms with Crippen LogP contribution in [0, 0.1) is 0 Å². The van der Waals surface area contributed by atoms with Crippen LogP contribution in [-0.4, -0.2) is 157 Å². The topological polar surface area (TPSA) is 102 Å². The van der Waals surface area contributed by atoms with E-state index in [1.165, 1.54) is 0 Å². The standard InChI is InChI=1S/C24H48BrClO11/c25-1-3-27-5-7-29-9-11-31-13-15-33-17-19-35-21-23-37-24-22-36-20-18-34-16-14-32-12-10-30-8-6-28-4-2-26/h1-24H2. The van der Waals surface area contributed by atoms with Crippen LogP contribution in [0.2, 0.25) is 0 Å². The molecule has 0 heterocycles. The Kier molecular flexibility index (Phi) is 36.7. The molecule has 0 aromatic rings. The van der Waals surface area contributed by atoms with Crippen LogP contribution in [0.3, 0.4) is 0 Å². The molecule has 0 aromatic carbocycles. The Morgan fingerprint density at radius 3 is 0.595 bits per heavy atom. The smallest absolute Gasteiger partial charge is 0.0701 e. The van der Waals surface area contributed by atoms with E-state index in [2.05, 4.69) is 15.9 Å². The van der Waals surface area contributed by atoms with Crippen molar-refractivity contribution < 1.29 is 52.1 Å². The Labute approximate surface area is 236 Å². The van der Waals surface area contributed by atoms with E-state index >= 15 is 0 Å². The highest BCUT2D eigenvalue weighted by molar-refractivity contribution is 9.09. The lowest BCUT2D eigenvalue weighted by atomic mass is 10.6. The van der Waals surface area contributed by atoms with E-state index in [9.17, 15) is 0 Å². The molecule has 0 aromatic heterocycles. The highest BCUT2D eigenvalue weighted by atomic mass is 79.9. The molecule has 0 spiro atoms. The van der Waals surface area contributed by atoms with Crippen LogP contribution in [0.5, 0.6) is 0 Å². The van der Waals surface area contributed by atoms with E-state index in [4.69, 9.17) is 63.7 Å². The predicted octanol–water partition coefficient (Wildman–Crippen LogP) is 1.80. The largest absolute Gasteiger partial charge is 0.378 e. The fraction of sp³-hybridized carbons (Fsp3) is 1.00. The van der Waals surface area contributed by atoms with Gasteiger partial charge in [-0.05, 0) is 0 Å². The van der Waals surface area contributed by atoms with Gasteiger partial charge in [-0.2, -0.15) is 0 Å². The summed E-state index contributed by atoms with van der Waals surface area (Å²) in [7, 11) is 0. The lowest BCUT2D eigenvalue weighted by Crippen LogP contribution is -2.15. The molecule has 37 heavy (non-hydrogen) atoms. The number of hydrogen-bond acceptors (Lipinski definition) is 11. The molecule has 0 unspecified atom stereocenters. The number of alkyl halides is 2. The van der Waals surface area contributed by atoms with Crippen molar-refractivity contribution in [2.45, 2.75) is 0 Å². The van der Waals surface area contributed by atoms with Gasteiger partial charge in [0.15, 0.2) is 0 Å². The first-order valence-electron chi connectivity index (χ1n) is 12.9. The van der Waals surface area contributed by atoms with Gasteiger partial charge < -0.3 is 52.1 Å². The fourth-order valence-electron chi connectivity index (χ4n) is 2.41. The van der Waals surface area contributed by atoms with Crippen LogP contribution >= 0.6 is 27.5 Å². The summed E-state index contributed by atoms with van der Waals surface area (Å²) >= 11 is 8.80. The Hall–Kier alpha value is 0.330. The summed E-state index contributed by atoms with van der Waals surface area (Å²) in [6.45, 7) is 12.0. The Morgan fingerprint density at radius 1 is 0.270 bits per heavy atom. The Balaban J connectivity index is 3.00. The van der Waals surface area contributed by atoms with Gasteiger partial charge in [0.2, 0.25) is 0 Å². The second kappa shape index (κ2) is 36.3. The minimum atomic E-state index is 0.500. The monoisotopic (exact) mass is 626 g/mol. The summed E-state index contributed by atoms with van der Waals surface area (Å²) in [4.78, 5) is 0. The van der Waals surface area contributed by atoms with Gasteiger partial charge in [-0.3, -0.25) is 0 Å². The molecule has 0 saturated carbocycles. The maximum atomic E-state index is 5.50. The van der Waals surface area contributed by atoms with Crippen molar-refractivity contribution in [1.82, 2.24) is 0 Å². The van der Waals surface area contributed by atoms with Crippen LogP contribution in [-0.2, 0) is 52.1 Å². The average Bonchev–Trinajstić information content (AvgIpc) is 2.91. The summed E-state index contributed by atoms with van der Waals surface area (Å²) in [5.41, 5.74) is 0. The second-order valence-corrected chi connectivity index (χ2v) is 8.29. The third-order valence-corrected chi connectivity index (χ3v) is 4.64. The average molecular weight is 628 g/mol. The summed E-state index contributed by atoms with van der Waals surface area (Å²) in [6, 6.07) is 0. The molecule has 224 valence electrons. The number of ether oxygens (including phenoxy) is 11. The van der Waals surface area contributed by atoms with Crippen molar-refractivity contribution in [2.75, 3.05) is 157 Å². The first kappa shape index (κ1) is 37.3. The third-order valence-electron chi connectivity index (χ3n) is 4.16. The zero-order valence-electron chi connectivity index (χ0n) is 22.2. The van der Waals surface area contributed by atoms with Crippen LogP contribution in [0.1, 0.15) is 0 Å². The fourth-order valence-corrected chi connectivity index (χ4v) is 2.75. The van der Waals surface area contributed by atoms with Gasteiger partial charge in [0.05, 0.1) is 145 Å². The van der Waals surface area contributed by atoms with E-state index in [0.29, 0.717) is 151 Å². The molecule has 0 saturated heterocycles. The lowest BCUT2D eigenvalue weighted by molar-refractivity contribution is -0.0272. The van der Waals surface area contributed by atoms with Gasteiger partial charge in [-0.1, -0.05) is 15.9 Å². The quantitative estimate of drug-likeness (QED) is 0.0771. The molecule has 0 bridgehead atoms. The third kappa shape index (κ3) is 36.3. The summed E-state index contributed by atoms with van der Waals surface area (Å²) in [5.74, 6) is 0.500. The van der Waals surface area contributed by atoms with Gasteiger partial charge in [-0.15, -0.1) is 11.6 Å². The summed E-state index contributed by atoms with van der Waals surface area (Å²) < 4.78 is 59.2. The summed E-state index contributed by atoms with van der Waals surface area (Å²) in [5, 5.41) is 0.839. The van der Waals surface area contributed by atoms with Gasteiger partial charge in [0.25, 0.3) is 0 Å². The lowest BCUT2D eigenvalue weighted by Gasteiger charge is -2.09. The zero-order chi connectivity index (χ0) is 26.7. The highest BCUT2D eigenvalue weighted by Crippen LogP contribution is 1.87. The molecule has 13 heteroatoms. The molecule has 0 atom stereocenters. The van der Waals surface area contributed by atoms with Gasteiger partial charge in [-0.25, -0.2) is 0 Å². The molecule has 0 N–H and O–H groups in total. The van der Waals surface area contributed by atoms with Gasteiger partial charge in [0.1, 0.15) is 0 Å². The summed E-state index contributed by atoms with van der Waals surface area (Å²) in [6.07, 6.45) is 0. The number of halogens is 2. The zero-order valence-corrected chi connectivity index (χ0v) is 24.6. The highest BCUT2D eigenvalue weighted by Gasteiger charge is 1.96. The molecule has 0 aliphatic heterocycles. The van der Waals surface area contributed by atoms with Crippen LogP contribution in [0.15, 0.2) is 0 Å². The second-order valence-electron chi connectivity index (χ2n) is 7.11. The van der Waals surface area contributed by atoms with Gasteiger partial charge in [0, 0.05) is 11.2 Å². The molecular weight excluding hydrogens is 580 g/mol. The van der Waals surface area contributed by atoms with Crippen molar-refractivity contribution in [1.29, 1.82) is 0 Å². The van der Waals surface area contributed by atoms with Crippen molar-refractivity contribution in [2.24, 2.45) is 0 Å². The maximum absolute atomic E-state index is 5.50. The van der Waals surface area contributed by atoms with Crippen LogP contribution in [0.25, 0.3) is 0 Å². The SMILES string of the molecule is ClCCOCCOCCOCCOCCOCCOCCOCCOCCOCCOCCOCCBr. The van der Waals surface area contributed by atoms with Crippen LogP contribution in [0.4, 0.5) is 0 Å². The van der Waals surface area contributed by atoms with Crippen molar-refractivity contribution in [3.8, 4) is 0 Å². The Morgan fingerprint density at radius 2 is 0.432 bits per heavy atom. The van der Waals surface area contributed by atoms with Gasteiger partial charge >= 0.3 is 0 Å². The number of hydrogen-bond donors (Lipinski definition) is 0. The molecule has 11 nitrogen and oxygen atoms in total. The first-order valence-corrected chi connectivity index (χ1v) is 14.5. The molecular formula is C24H48BrClO11. The van der Waals surface area contributed by atoms with Crippen molar-refractivity contribution in [3.63, 3.8) is 0 Å². The normalized spacial score (nSPS) is 11.5. The molecule has 0 rings (SSSR count). The van der Waals surface area contributed by atoms with E-state index in [1.54, 1.807) is 0 Å². The molecule has 0 radical (unpaired) electrons. The minimum absolute atomic E-state index is 0.500. The van der Waals surface area contributed by atoms with E-state index in [1.807, 2.05) is 0 Å². The maximum Gasteiger partial charge on any atom is 0.0701 e. The van der Waals surface area contributed by atoms with E-state index in [0.717, 1.165) is 5.33 Å².